The van der Waals surface area contributed by atoms with E-state index < -0.39 is 0 Å². The van der Waals surface area contributed by atoms with Crippen molar-refractivity contribution < 1.29 is 19.1 Å². The van der Waals surface area contributed by atoms with Gasteiger partial charge in [0, 0.05) is 13.5 Å². The topological polar surface area (TPSA) is 87.7 Å². The first-order chi connectivity index (χ1) is 8.52. The monoisotopic (exact) mass is 257 g/mol. The number of methoxy groups -OCH3 is 1. The van der Waals surface area contributed by atoms with Crippen LogP contribution in [0.25, 0.3) is 0 Å². The molecule has 0 spiro atoms. The number of carbonyl (C=O) groups excluding carboxylic acids is 3. The van der Waals surface area contributed by atoms with Crippen molar-refractivity contribution >= 4 is 17.8 Å². The number of amides is 2. The van der Waals surface area contributed by atoms with Crippen LogP contribution in [0.1, 0.15) is 19.8 Å². The van der Waals surface area contributed by atoms with Gasteiger partial charge >= 0.3 is 5.97 Å². The molecule has 18 heavy (non-hydrogen) atoms. The van der Waals surface area contributed by atoms with Crippen LogP contribution in [0.4, 0.5) is 0 Å². The second-order valence-corrected chi connectivity index (χ2v) is 4.33. The molecule has 7 nitrogen and oxygen atoms in total. The Morgan fingerprint density at radius 1 is 1.33 bits per heavy atom. The molecule has 1 unspecified atom stereocenters. The minimum atomic E-state index is -0.325. The Labute approximate surface area is 106 Å². The lowest BCUT2D eigenvalue weighted by Gasteiger charge is -2.30. The summed E-state index contributed by atoms with van der Waals surface area (Å²) in [4.78, 5) is 35.4. The molecule has 0 radical (unpaired) electrons. The summed E-state index contributed by atoms with van der Waals surface area (Å²) < 4.78 is 4.70. The number of likely N-dealkylation sites (tertiary alicyclic amines) is 1. The number of piperidine rings is 1. The van der Waals surface area contributed by atoms with Crippen LogP contribution in [0.3, 0.4) is 0 Å². The molecule has 0 bridgehead atoms. The number of carbonyl (C=O) groups is 3. The van der Waals surface area contributed by atoms with Crippen LogP contribution in [-0.4, -0.2) is 49.4 Å². The Hall–Kier alpha value is -1.63. The van der Waals surface area contributed by atoms with Crippen molar-refractivity contribution in [3.05, 3.63) is 0 Å². The fourth-order valence-electron chi connectivity index (χ4n) is 1.96. The summed E-state index contributed by atoms with van der Waals surface area (Å²) in [6, 6.07) is 0. The predicted octanol–water partition coefficient (Wildman–Crippen LogP) is -0.961. The van der Waals surface area contributed by atoms with Gasteiger partial charge in [0.1, 0.15) is 0 Å². The summed E-state index contributed by atoms with van der Waals surface area (Å²) in [5.41, 5.74) is 4.51. The summed E-state index contributed by atoms with van der Waals surface area (Å²) in [7, 11) is 1.37. The molecule has 1 aliphatic heterocycles. The van der Waals surface area contributed by atoms with Gasteiger partial charge in [0.15, 0.2) is 0 Å². The molecule has 1 atom stereocenters. The van der Waals surface area contributed by atoms with Gasteiger partial charge in [-0.2, -0.15) is 0 Å². The molecule has 0 aromatic rings. The van der Waals surface area contributed by atoms with Crippen molar-refractivity contribution in [3.8, 4) is 0 Å². The standard InChI is InChI=1S/C11H19N3O4/c1-8(15)12-13-10(16)7-14-5-3-4-9(6-14)11(17)18-2/h9H,3-7H2,1-2H3,(H,12,15)(H,13,16). The van der Waals surface area contributed by atoms with E-state index in [1.54, 1.807) is 0 Å². The molecule has 1 rings (SSSR count). The van der Waals surface area contributed by atoms with Gasteiger partial charge in [-0.3, -0.25) is 30.1 Å². The molecular formula is C11H19N3O4. The molecule has 7 heteroatoms. The highest BCUT2D eigenvalue weighted by atomic mass is 16.5. The number of ether oxygens (including phenoxy) is 1. The summed E-state index contributed by atoms with van der Waals surface area (Å²) in [6.07, 6.45) is 1.64. The zero-order valence-electron chi connectivity index (χ0n) is 10.7. The minimum absolute atomic E-state index is 0.160. The Morgan fingerprint density at radius 3 is 2.67 bits per heavy atom. The number of hydrogen-bond acceptors (Lipinski definition) is 5. The SMILES string of the molecule is COC(=O)C1CCCN(CC(=O)NNC(C)=O)C1. The number of hydrogen-bond donors (Lipinski definition) is 2. The van der Waals surface area contributed by atoms with Crippen LogP contribution in [0.15, 0.2) is 0 Å². The Bertz CT molecular complexity index is 332. The lowest BCUT2D eigenvalue weighted by molar-refractivity contribution is -0.147. The number of nitrogens with zero attached hydrogens (tertiary/aromatic N) is 1. The van der Waals surface area contributed by atoms with E-state index in [4.69, 9.17) is 4.74 Å². The minimum Gasteiger partial charge on any atom is -0.469 e. The van der Waals surface area contributed by atoms with E-state index in [1.165, 1.54) is 14.0 Å². The molecule has 2 amide bonds. The summed E-state index contributed by atoms with van der Waals surface area (Å²) in [5.74, 6) is -1.02. The molecule has 0 aromatic heterocycles. The lowest BCUT2D eigenvalue weighted by Crippen LogP contribution is -2.48. The van der Waals surface area contributed by atoms with Crippen LogP contribution in [0, 0.1) is 5.92 Å². The maximum Gasteiger partial charge on any atom is 0.309 e. The quantitative estimate of drug-likeness (QED) is 0.502. The lowest BCUT2D eigenvalue weighted by atomic mass is 9.98. The largest absolute Gasteiger partial charge is 0.469 e. The smallest absolute Gasteiger partial charge is 0.309 e. The van der Waals surface area contributed by atoms with Crippen molar-refractivity contribution in [1.29, 1.82) is 0 Å². The van der Waals surface area contributed by atoms with Crippen LogP contribution in [-0.2, 0) is 19.1 Å². The number of nitrogens with one attached hydrogen (secondary N) is 2. The van der Waals surface area contributed by atoms with Crippen LogP contribution >= 0.6 is 0 Å². The molecule has 1 fully saturated rings. The fourth-order valence-corrected chi connectivity index (χ4v) is 1.96. The second kappa shape index (κ2) is 6.95. The van der Waals surface area contributed by atoms with Crippen molar-refractivity contribution in [3.63, 3.8) is 0 Å². The third kappa shape index (κ3) is 4.70. The Balaban J connectivity index is 2.35. The van der Waals surface area contributed by atoms with Crippen molar-refractivity contribution in [1.82, 2.24) is 15.8 Å². The van der Waals surface area contributed by atoms with Gasteiger partial charge in [0.25, 0.3) is 5.91 Å². The van der Waals surface area contributed by atoms with Crippen molar-refractivity contribution in [2.45, 2.75) is 19.8 Å². The van der Waals surface area contributed by atoms with Crippen LogP contribution < -0.4 is 10.9 Å². The van der Waals surface area contributed by atoms with E-state index >= 15 is 0 Å². The normalized spacial score (nSPS) is 20.0. The van der Waals surface area contributed by atoms with E-state index in [0.29, 0.717) is 6.54 Å². The average molecular weight is 257 g/mol. The van der Waals surface area contributed by atoms with Gasteiger partial charge in [0.2, 0.25) is 5.91 Å². The number of esters is 1. The van der Waals surface area contributed by atoms with Gasteiger partial charge in [-0.05, 0) is 19.4 Å². The first kappa shape index (κ1) is 14.4. The van der Waals surface area contributed by atoms with E-state index in [0.717, 1.165) is 19.4 Å². The Morgan fingerprint density at radius 2 is 2.06 bits per heavy atom. The second-order valence-electron chi connectivity index (χ2n) is 4.33. The highest BCUT2D eigenvalue weighted by Gasteiger charge is 2.27. The first-order valence-electron chi connectivity index (χ1n) is 5.88. The van der Waals surface area contributed by atoms with E-state index in [2.05, 4.69) is 10.9 Å². The van der Waals surface area contributed by atoms with Crippen molar-refractivity contribution in [2.24, 2.45) is 5.92 Å². The molecule has 2 N–H and O–H groups in total. The highest BCUT2D eigenvalue weighted by Crippen LogP contribution is 2.17. The zero-order chi connectivity index (χ0) is 13.5. The van der Waals surface area contributed by atoms with E-state index in [1.807, 2.05) is 4.90 Å². The van der Waals surface area contributed by atoms with Crippen molar-refractivity contribution in [2.75, 3.05) is 26.7 Å². The maximum absolute atomic E-state index is 11.5. The molecule has 1 heterocycles. The Kier molecular flexibility index (Phi) is 5.57. The van der Waals surface area contributed by atoms with Gasteiger partial charge in [-0.15, -0.1) is 0 Å². The van der Waals surface area contributed by atoms with Gasteiger partial charge in [0.05, 0.1) is 19.6 Å². The number of hydrazine groups is 1. The predicted molar refractivity (Wildman–Crippen MR) is 63.1 cm³/mol. The van der Waals surface area contributed by atoms with Gasteiger partial charge < -0.3 is 4.74 Å². The maximum atomic E-state index is 11.5. The third-order valence-corrected chi connectivity index (χ3v) is 2.79. The molecule has 0 aromatic carbocycles. The summed E-state index contributed by atoms with van der Waals surface area (Å²) in [5, 5.41) is 0. The molecule has 1 saturated heterocycles. The van der Waals surface area contributed by atoms with E-state index in [-0.39, 0.29) is 30.2 Å². The van der Waals surface area contributed by atoms with Crippen LogP contribution in [0.2, 0.25) is 0 Å². The molecular weight excluding hydrogens is 238 g/mol. The molecule has 0 aliphatic carbocycles. The number of rotatable bonds is 3. The molecule has 0 saturated carbocycles. The zero-order valence-corrected chi connectivity index (χ0v) is 10.7. The summed E-state index contributed by atoms with van der Waals surface area (Å²) in [6.45, 7) is 2.75. The van der Waals surface area contributed by atoms with Crippen LogP contribution in [0.5, 0.6) is 0 Å². The summed E-state index contributed by atoms with van der Waals surface area (Å²) >= 11 is 0. The molecule has 1 aliphatic rings. The molecule has 102 valence electrons. The van der Waals surface area contributed by atoms with Gasteiger partial charge in [-0.1, -0.05) is 0 Å². The van der Waals surface area contributed by atoms with Gasteiger partial charge in [-0.25, -0.2) is 0 Å². The fraction of sp³-hybridized carbons (Fsp3) is 0.727. The average Bonchev–Trinajstić information content (AvgIpc) is 2.35. The highest BCUT2D eigenvalue weighted by molar-refractivity contribution is 5.82. The first-order valence-corrected chi connectivity index (χ1v) is 5.88. The van der Waals surface area contributed by atoms with E-state index in [9.17, 15) is 14.4 Å². The third-order valence-electron chi connectivity index (χ3n) is 2.79.